The zero-order valence-corrected chi connectivity index (χ0v) is 17.6. The summed E-state index contributed by atoms with van der Waals surface area (Å²) >= 11 is 0. The first-order valence-electron chi connectivity index (χ1n) is 10.8. The third-order valence-electron chi connectivity index (χ3n) is 5.60. The van der Waals surface area contributed by atoms with E-state index in [1.54, 1.807) is 7.11 Å². The van der Waals surface area contributed by atoms with Crippen molar-refractivity contribution in [3.05, 3.63) is 23.8 Å². The molecule has 7 nitrogen and oxygen atoms in total. The maximum Gasteiger partial charge on any atom is 0.234 e. The molecular formula is C22H35N3O4. The van der Waals surface area contributed by atoms with Crippen molar-refractivity contribution >= 4 is 5.91 Å². The molecule has 1 aromatic carbocycles. The summed E-state index contributed by atoms with van der Waals surface area (Å²) in [5.41, 5.74) is 1.07. The number of likely N-dealkylation sites (tertiary alicyclic amines) is 1. The Morgan fingerprint density at radius 1 is 1.07 bits per heavy atom. The van der Waals surface area contributed by atoms with Gasteiger partial charge in [0.1, 0.15) is 12.7 Å². The number of aliphatic hydroxyl groups excluding tert-OH is 1. The van der Waals surface area contributed by atoms with E-state index >= 15 is 0 Å². The Balaban J connectivity index is 1.49. The highest BCUT2D eigenvalue weighted by molar-refractivity contribution is 5.78. The molecule has 0 saturated carbocycles. The Kier molecular flexibility index (Phi) is 8.58. The van der Waals surface area contributed by atoms with Gasteiger partial charge in [-0.3, -0.25) is 9.69 Å². The second kappa shape index (κ2) is 11.4. The maximum atomic E-state index is 11.5. The van der Waals surface area contributed by atoms with Gasteiger partial charge in [-0.2, -0.15) is 0 Å². The lowest BCUT2D eigenvalue weighted by molar-refractivity contribution is -0.124. The Bertz CT molecular complexity index is 647. The predicted octanol–water partition coefficient (Wildman–Crippen LogP) is 1.63. The zero-order valence-electron chi connectivity index (χ0n) is 17.6. The van der Waals surface area contributed by atoms with Gasteiger partial charge in [0, 0.05) is 26.2 Å². The quantitative estimate of drug-likeness (QED) is 0.685. The third-order valence-corrected chi connectivity index (χ3v) is 5.60. The molecule has 0 spiro atoms. The molecule has 3 rings (SSSR count). The number of benzene rings is 1. The molecule has 2 aliphatic rings. The summed E-state index contributed by atoms with van der Waals surface area (Å²) in [6, 6.07) is 5.84. The fourth-order valence-electron chi connectivity index (χ4n) is 4.05. The van der Waals surface area contributed by atoms with Crippen LogP contribution in [0.2, 0.25) is 0 Å². The number of hydrogen-bond donors (Lipinski definition) is 2. The summed E-state index contributed by atoms with van der Waals surface area (Å²) in [5, 5.41) is 13.3. The lowest BCUT2D eigenvalue weighted by Gasteiger charge is -2.27. The second-order valence-corrected chi connectivity index (χ2v) is 8.08. The van der Waals surface area contributed by atoms with Gasteiger partial charge >= 0.3 is 0 Å². The number of ether oxygens (including phenoxy) is 2. The topological polar surface area (TPSA) is 74.3 Å². The normalized spacial score (nSPS) is 20.4. The fraction of sp³-hybridized carbons (Fsp3) is 0.682. The van der Waals surface area contributed by atoms with Crippen molar-refractivity contribution in [3.63, 3.8) is 0 Å². The number of methoxy groups -OCH3 is 1. The molecule has 29 heavy (non-hydrogen) atoms. The minimum Gasteiger partial charge on any atom is -0.493 e. The van der Waals surface area contributed by atoms with Crippen molar-refractivity contribution in [3.8, 4) is 11.5 Å². The van der Waals surface area contributed by atoms with Crippen LogP contribution in [0.3, 0.4) is 0 Å². The van der Waals surface area contributed by atoms with Crippen LogP contribution in [0.5, 0.6) is 11.5 Å². The summed E-state index contributed by atoms with van der Waals surface area (Å²) in [7, 11) is 1.62. The average molecular weight is 406 g/mol. The maximum absolute atomic E-state index is 11.5. The van der Waals surface area contributed by atoms with Crippen molar-refractivity contribution in [2.45, 2.75) is 44.8 Å². The van der Waals surface area contributed by atoms with Gasteiger partial charge < -0.3 is 24.8 Å². The number of hydrogen-bond acceptors (Lipinski definition) is 6. The molecule has 0 aromatic heterocycles. The molecule has 0 aliphatic carbocycles. The number of carbonyl (C=O) groups is 1. The minimum atomic E-state index is -0.523. The number of piperazine rings is 1. The Morgan fingerprint density at radius 3 is 2.55 bits per heavy atom. The van der Waals surface area contributed by atoms with E-state index in [4.69, 9.17) is 9.47 Å². The van der Waals surface area contributed by atoms with Crippen molar-refractivity contribution in [2.75, 3.05) is 53.0 Å². The Morgan fingerprint density at radius 2 is 1.83 bits per heavy atom. The highest BCUT2D eigenvalue weighted by atomic mass is 16.5. The molecule has 0 radical (unpaired) electrons. The van der Waals surface area contributed by atoms with Gasteiger partial charge in [0.25, 0.3) is 0 Å². The second-order valence-electron chi connectivity index (χ2n) is 8.08. The van der Waals surface area contributed by atoms with Crippen LogP contribution in [0.25, 0.3) is 0 Å². The van der Waals surface area contributed by atoms with Crippen molar-refractivity contribution in [1.82, 2.24) is 15.1 Å². The summed E-state index contributed by atoms with van der Waals surface area (Å²) in [6.07, 6.45) is 5.80. The number of carbonyl (C=O) groups excluding carboxylic acids is 1. The van der Waals surface area contributed by atoms with E-state index in [9.17, 15) is 9.90 Å². The standard InChI is InChI=1S/C22H35N3O4/c1-28-21-13-18(14-25-12-9-23-22(27)16-25)7-8-20(21)29-17-19(26)15-24-10-5-3-2-4-6-11-24/h7-8,13,19,26H,2-6,9-12,14-17H2,1H3,(H,23,27)/t19-/m0/s1. The molecule has 162 valence electrons. The first-order valence-corrected chi connectivity index (χ1v) is 10.8. The number of aliphatic hydroxyl groups is 1. The van der Waals surface area contributed by atoms with E-state index in [1.807, 2.05) is 18.2 Å². The van der Waals surface area contributed by atoms with Gasteiger partial charge in [-0.25, -0.2) is 0 Å². The molecule has 7 heteroatoms. The van der Waals surface area contributed by atoms with Crippen LogP contribution in [-0.4, -0.2) is 79.9 Å². The largest absolute Gasteiger partial charge is 0.493 e. The summed E-state index contributed by atoms with van der Waals surface area (Å²) in [5.74, 6) is 1.36. The van der Waals surface area contributed by atoms with Gasteiger partial charge in [0.15, 0.2) is 11.5 Å². The predicted molar refractivity (Wildman–Crippen MR) is 112 cm³/mol. The van der Waals surface area contributed by atoms with E-state index in [2.05, 4.69) is 15.1 Å². The van der Waals surface area contributed by atoms with E-state index < -0.39 is 6.10 Å². The lowest BCUT2D eigenvalue weighted by atomic mass is 10.1. The number of rotatable bonds is 8. The van der Waals surface area contributed by atoms with E-state index in [0.717, 1.165) is 25.2 Å². The molecule has 1 atom stereocenters. The van der Waals surface area contributed by atoms with Crippen LogP contribution in [0, 0.1) is 0 Å². The van der Waals surface area contributed by atoms with E-state index in [1.165, 1.54) is 32.1 Å². The van der Waals surface area contributed by atoms with Gasteiger partial charge in [-0.05, 0) is 43.6 Å². The van der Waals surface area contributed by atoms with Crippen LogP contribution in [0.4, 0.5) is 0 Å². The first kappa shape index (κ1) is 21.9. The molecule has 0 bridgehead atoms. The average Bonchev–Trinajstić information content (AvgIpc) is 2.69. The van der Waals surface area contributed by atoms with Gasteiger partial charge in [-0.15, -0.1) is 0 Å². The van der Waals surface area contributed by atoms with Gasteiger partial charge in [-0.1, -0.05) is 25.3 Å². The number of β-amino-alcohol motifs (C(OH)–C–C–N with tert-alkyl or cyclic N) is 1. The molecule has 2 aliphatic heterocycles. The molecule has 0 unspecified atom stereocenters. The monoisotopic (exact) mass is 405 g/mol. The van der Waals surface area contributed by atoms with Crippen molar-refractivity contribution in [2.24, 2.45) is 0 Å². The lowest BCUT2D eigenvalue weighted by Crippen LogP contribution is -2.47. The van der Waals surface area contributed by atoms with Crippen molar-refractivity contribution in [1.29, 1.82) is 0 Å². The zero-order chi connectivity index (χ0) is 20.5. The molecule has 1 amide bonds. The van der Waals surface area contributed by atoms with Crippen LogP contribution in [0.1, 0.15) is 37.7 Å². The van der Waals surface area contributed by atoms with Crippen LogP contribution in [-0.2, 0) is 11.3 Å². The molecule has 2 saturated heterocycles. The fourth-order valence-corrected chi connectivity index (χ4v) is 4.05. The molecule has 2 heterocycles. The first-order chi connectivity index (χ1) is 14.1. The molecule has 2 fully saturated rings. The highest BCUT2D eigenvalue weighted by Crippen LogP contribution is 2.29. The van der Waals surface area contributed by atoms with Gasteiger partial charge in [0.2, 0.25) is 5.91 Å². The Hall–Kier alpha value is -1.83. The summed E-state index contributed by atoms with van der Waals surface area (Å²) < 4.78 is 11.4. The highest BCUT2D eigenvalue weighted by Gasteiger charge is 2.18. The SMILES string of the molecule is COc1cc(CN2CCNC(=O)C2)ccc1OC[C@@H](O)CN1CCCCCCC1. The Labute approximate surface area is 174 Å². The number of amides is 1. The number of nitrogens with one attached hydrogen (secondary N) is 1. The number of nitrogens with zero attached hydrogens (tertiary/aromatic N) is 2. The summed E-state index contributed by atoms with van der Waals surface area (Å²) in [6.45, 7) is 5.66. The van der Waals surface area contributed by atoms with Crippen LogP contribution < -0.4 is 14.8 Å². The molecular weight excluding hydrogens is 370 g/mol. The van der Waals surface area contributed by atoms with Crippen LogP contribution in [0.15, 0.2) is 18.2 Å². The van der Waals surface area contributed by atoms with Crippen LogP contribution >= 0.6 is 0 Å². The minimum absolute atomic E-state index is 0.0668. The summed E-state index contributed by atoms with van der Waals surface area (Å²) in [4.78, 5) is 16.0. The molecule has 1 aromatic rings. The van der Waals surface area contributed by atoms with Crippen molar-refractivity contribution < 1.29 is 19.4 Å². The smallest absolute Gasteiger partial charge is 0.234 e. The molecule has 2 N–H and O–H groups in total. The van der Waals surface area contributed by atoms with E-state index in [0.29, 0.717) is 37.7 Å². The van der Waals surface area contributed by atoms with E-state index in [-0.39, 0.29) is 12.5 Å². The third kappa shape index (κ3) is 7.17. The van der Waals surface area contributed by atoms with Gasteiger partial charge in [0.05, 0.1) is 13.7 Å².